The lowest BCUT2D eigenvalue weighted by Gasteiger charge is -2.26. The number of aromatic nitrogens is 1. The van der Waals surface area contributed by atoms with E-state index >= 15 is 0 Å². The molecule has 6 heteroatoms. The monoisotopic (exact) mass is 369 g/mol. The topological polar surface area (TPSA) is 45.2 Å². The lowest BCUT2D eigenvalue weighted by molar-refractivity contribution is 0.0729. The number of hydrogen-bond acceptors (Lipinski definition) is 4. The zero-order chi connectivity index (χ0) is 17.4. The Kier molecular flexibility index (Phi) is 4.19. The van der Waals surface area contributed by atoms with Crippen LogP contribution in [0.1, 0.15) is 32.7 Å². The lowest BCUT2D eigenvalue weighted by atomic mass is 10.1. The number of carbonyl (C=O) groups is 1. The molecule has 1 aromatic carbocycles. The summed E-state index contributed by atoms with van der Waals surface area (Å²) in [5.74, 6) is 0.000571. The van der Waals surface area contributed by atoms with Crippen LogP contribution in [0.4, 0.5) is 5.69 Å². The third-order valence-electron chi connectivity index (χ3n) is 4.29. The summed E-state index contributed by atoms with van der Waals surface area (Å²) in [6.45, 7) is 2.55. The van der Waals surface area contributed by atoms with Crippen molar-refractivity contribution in [1.29, 1.82) is 0 Å². The van der Waals surface area contributed by atoms with Crippen LogP contribution in [0.25, 0.3) is 0 Å². The number of pyridine rings is 1. The predicted molar refractivity (Wildman–Crippen MR) is 101 cm³/mol. The number of carbonyl (C=O) groups excluding carboxylic acids is 1. The van der Waals surface area contributed by atoms with E-state index in [1.165, 1.54) is 0 Å². The van der Waals surface area contributed by atoms with Crippen molar-refractivity contribution in [3.05, 3.63) is 80.8 Å². The second kappa shape index (κ2) is 6.50. The molecular formula is C19H16ClN3OS. The number of hydrogen-bond donors (Lipinski definition) is 1. The summed E-state index contributed by atoms with van der Waals surface area (Å²) in [5.41, 5.74) is 3.39. The molecule has 4 nitrogen and oxygen atoms in total. The van der Waals surface area contributed by atoms with E-state index in [4.69, 9.17) is 11.6 Å². The van der Waals surface area contributed by atoms with Crippen LogP contribution in [0.15, 0.2) is 54.0 Å². The molecule has 3 heterocycles. The van der Waals surface area contributed by atoms with Gasteiger partial charge in [-0.25, -0.2) is 0 Å². The van der Waals surface area contributed by atoms with Gasteiger partial charge in [-0.05, 0) is 54.3 Å². The molecule has 1 aliphatic heterocycles. The van der Waals surface area contributed by atoms with Gasteiger partial charge in [0.2, 0.25) is 0 Å². The van der Waals surface area contributed by atoms with Crippen LogP contribution in [0.3, 0.4) is 0 Å². The molecule has 0 saturated heterocycles. The third-order valence-corrected chi connectivity index (χ3v) is 5.38. The molecule has 3 aromatic rings. The Hall–Kier alpha value is -2.37. The number of rotatable bonds is 4. The Morgan fingerprint density at radius 3 is 2.92 bits per heavy atom. The molecule has 1 amide bonds. The Labute approximate surface area is 155 Å². The SMILES string of the molecule is Cc1cc(Cl)ccc1N[C@H]1c2ncccc2C(=O)N1Cc1cccs1. The molecule has 0 radical (unpaired) electrons. The summed E-state index contributed by atoms with van der Waals surface area (Å²) in [5, 5.41) is 6.19. The van der Waals surface area contributed by atoms with E-state index in [1.807, 2.05) is 53.6 Å². The molecule has 0 unspecified atom stereocenters. The molecule has 2 aromatic heterocycles. The largest absolute Gasteiger partial charge is 0.360 e. The molecule has 1 aliphatic rings. The highest BCUT2D eigenvalue weighted by atomic mass is 35.5. The average molecular weight is 370 g/mol. The summed E-state index contributed by atoms with van der Waals surface area (Å²) < 4.78 is 0. The quantitative estimate of drug-likeness (QED) is 0.713. The highest BCUT2D eigenvalue weighted by Crippen LogP contribution is 2.35. The van der Waals surface area contributed by atoms with Crippen molar-refractivity contribution < 1.29 is 4.79 Å². The molecule has 0 bridgehead atoms. The first kappa shape index (κ1) is 16.1. The van der Waals surface area contributed by atoms with E-state index in [2.05, 4.69) is 10.3 Å². The van der Waals surface area contributed by atoms with E-state index in [9.17, 15) is 4.79 Å². The second-order valence-corrected chi connectivity index (χ2v) is 7.42. The minimum absolute atomic E-state index is 0.000571. The standard InChI is InChI=1S/C19H16ClN3OS/c1-12-10-13(20)6-7-16(12)22-18-17-15(5-2-8-21-17)19(24)23(18)11-14-4-3-9-25-14/h2-10,18,22H,11H2,1H3/t18-/m1/s1. The summed E-state index contributed by atoms with van der Waals surface area (Å²) in [7, 11) is 0. The van der Waals surface area contributed by atoms with Gasteiger partial charge in [-0.1, -0.05) is 17.7 Å². The van der Waals surface area contributed by atoms with Gasteiger partial charge in [0, 0.05) is 21.8 Å². The minimum Gasteiger partial charge on any atom is -0.360 e. The van der Waals surface area contributed by atoms with Gasteiger partial charge in [0.1, 0.15) is 6.17 Å². The first-order chi connectivity index (χ1) is 12.1. The van der Waals surface area contributed by atoms with Gasteiger partial charge in [0.15, 0.2) is 0 Å². The van der Waals surface area contributed by atoms with Crippen molar-refractivity contribution >= 4 is 34.5 Å². The molecule has 25 heavy (non-hydrogen) atoms. The number of thiophene rings is 1. The smallest absolute Gasteiger partial charge is 0.258 e. The third kappa shape index (κ3) is 3.01. The number of benzene rings is 1. The number of nitrogens with zero attached hydrogens (tertiary/aromatic N) is 2. The Bertz CT molecular complexity index is 926. The molecule has 0 fully saturated rings. The van der Waals surface area contributed by atoms with E-state index in [0.717, 1.165) is 21.8 Å². The first-order valence-corrected chi connectivity index (χ1v) is 9.20. The van der Waals surface area contributed by atoms with Gasteiger partial charge in [-0.15, -0.1) is 11.3 Å². The average Bonchev–Trinajstić information content (AvgIpc) is 3.20. The molecule has 0 aliphatic carbocycles. The Morgan fingerprint density at radius 1 is 1.28 bits per heavy atom. The number of anilines is 1. The highest BCUT2D eigenvalue weighted by Gasteiger charge is 2.38. The van der Waals surface area contributed by atoms with Crippen molar-refractivity contribution in [2.75, 3.05) is 5.32 Å². The summed E-state index contributed by atoms with van der Waals surface area (Å²) >= 11 is 7.70. The minimum atomic E-state index is -0.300. The normalized spacial score (nSPS) is 16.2. The van der Waals surface area contributed by atoms with Crippen LogP contribution in [0, 0.1) is 6.92 Å². The van der Waals surface area contributed by atoms with Crippen molar-refractivity contribution in [3.8, 4) is 0 Å². The lowest BCUT2D eigenvalue weighted by Crippen LogP contribution is -2.32. The second-order valence-electron chi connectivity index (χ2n) is 5.95. The summed E-state index contributed by atoms with van der Waals surface area (Å²) in [4.78, 5) is 20.3. The van der Waals surface area contributed by atoms with Crippen LogP contribution >= 0.6 is 22.9 Å². The van der Waals surface area contributed by atoms with Crippen molar-refractivity contribution in [3.63, 3.8) is 0 Å². The number of nitrogens with one attached hydrogen (secondary N) is 1. The molecule has 1 atom stereocenters. The van der Waals surface area contributed by atoms with Crippen LogP contribution in [0.5, 0.6) is 0 Å². The zero-order valence-corrected chi connectivity index (χ0v) is 15.1. The number of aryl methyl sites for hydroxylation is 1. The van der Waals surface area contributed by atoms with Crippen LogP contribution in [-0.2, 0) is 6.54 Å². The van der Waals surface area contributed by atoms with E-state index in [1.54, 1.807) is 23.6 Å². The molecule has 0 saturated carbocycles. The fourth-order valence-corrected chi connectivity index (χ4v) is 3.98. The Morgan fingerprint density at radius 2 is 2.16 bits per heavy atom. The van der Waals surface area contributed by atoms with Crippen LogP contribution in [0.2, 0.25) is 5.02 Å². The fraction of sp³-hybridized carbons (Fsp3) is 0.158. The number of amides is 1. The number of fused-ring (bicyclic) bond motifs is 1. The Balaban J connectivity index is 1.71. The predicted octanol–water partition coefficient (Wildman–Crippen LogP) is 4.87. The van der Waals surface area contributed by atoms with Gasteiger partial charge in [0.05, 0.1) is 17.8 Å². The van der Waals surface area contributed by atoms with E-state index in [0.29, 0.717) is 17.1 Å². The first-order valence-electron chi connectivity index (χ1n) is 7.94. The van der Waals surface area contributed by atoms with Gasteiger partial charge in [-0.2, -0.15) is 0 Å². The summed E-state index contributed by atoms with van der Waals surface area (Å²) in [6.07, 6.45) is 1.43. The molecule has 0 spiro atoms. The maximum absolute atomic E-state index is 12.9. The van der Waals surface area contributed by atoms with Crippen molar-refractivity contribution in [2.45, 2.75) is 19.6 Å². The van der Waals surface area contributed by atoms with Gasteiger partial charge in [-0.3, -0.25) is 9.78 Å². The fourth-order valence-electron chi connectivity index (χ4n) is 3.05. The maximum Gasteiger partial charge on any atom is 0.258 e. The molecule has 1 N–H and O–H groups in total. The van der Waals surface area contributed by atoms with Crippen molar-refractivity contribution in [2.24, 2.45) is 0 Å². The molecular weight excluding hydrogens is 354 g/mol. The van der Waals surface area contributed by atoms with Gasteiger partial charge < -0.3 is 10.2 Å². The highest BCUT2D eigenvalue weighted by molar-refractivity contribution is 7.09. The van der Waals surface area contributed by atoms with Crippen LogP contribution in [-0.4, -0.2) is 15.8 Å². The maximum atomic E-state index is 12.9. The van der Waals surface area contributed by atoms with Gasteiger partial charge in [0.25, 0.3) is 5.91 Å². The van der Waals surface area contributed by atoms with Crippen molar-refractivity contribution in [1.82, 2.24) is 9.88 Å². The zero-order valence-electron chi connectivity index (χ0n) is 13.6. The number of halogens is 1. The van der Waals surface area contributed by atoms with Crippen LogP contribution < -0.4 is 5.32 Å². The van der Waals surface area contributed by atoms with E-state index in [-0.39, 0.29) is 12.1 Å². The van der Waals surface area contributed by atoms with E-state index < -0.39 is 0 Å². The van der Waals surface area contributed by atoms with Gasteiger partial charge >= 0.3 is 0 Å². The molecule has 126 valence electrons. The molecule has 4 rings (SSSR count). The summed E-state index contributed by atoms with van der Waals surface area (Å²) in [6, 6.07) is 13.4.